The van der Waals surface area contributed by atoms with Crippen molar-refractivity contribution < 1.29 is 14.1 Å². The second kappa shape index (κ2) is 5.67. The Bertz CT molecular complexity index is 712. The van der Waals surface area contributed by atoms with Crippen LogP contribution in [0.25, 0.3) is 11.0 Å². The largest absolute Gasteiger partial charge is 0.356 e. The van der Waals surface area contributed by atoms with E-state index in [1.54, 1.807) is 16.8 Å². The summed E-state index contributed by atoms with van der Waals surface area (Å²) in [5.74, 6) is -0.0554. The number of para-hydroxylation sites is 1. The number of piperazine rings is 1. The first kappa shape index (κ1) is 14.4. The highest BCUT2D eigenvalue weighted by atomic mass is 16.5. The Kier molecular flexibility index (Phi) is 3.70. The number of aromatic nitrogens is 1. The molecule has 0 spiro atoms. The van der Waals surface area contributed by atoms with Crippen LogP contribution in [0.15, 0.2) is 28.8 Å². The van der Waals surface area contributed by atoms with Crippen molar-refractivity contribution in [3.8, 4) is 0 Å². The van der Waals surface area contributed by atoms with Crippen molar-refractivity contribution in [1.29, 1.82) is 0 Å². The van der Waals surface area contributed by atoms with Crippen LogP contribution in [0.5, 0.6) is 0 Å². The predicted molar refractivity (Wildman–Crippen MR) is 80.0 cm³/mol. The van der Waals surface area contributed by atoms with E-state index in [0.29, 0.717) is 17.8 Å². The summed E-state index contributed by atoms with van der Waals surface area (Å²) in [5, 5.41) is 7.66. The SMILES string of the molecule is CC1CN(C)C(=O)CN1C(=O)NCc1noc2ccccc12. The molecule has 3 amide bonds. The molecule has 1 unspecified atom stereocenters. The number of likely N-dealkylation sites (N-methyl/N-ethyl adjacent to an activating group) is 1. The Morgan fingerprint density at radius 2 is 2.23 bits per heavy atom. The maximum absolute atomic E-state index is 12.3. The summed E-state index contributed by atoms with van der Waals surface area (Å²) in [6, 6.07) is 7.21. The van der Waals surface area contributed by atoms with Gasteiger partial charge in [0.15, 0.2) is 5.58 Å². The van der Waals surface area contributed by atoms with E-state index < -0.39 is 0 Å². The van der Waals surface area contributed by atoms with E-state index in [9.17, 15) is 9.59 Å². The lowest BCUT2D eigenvalue weighted by atomic mass is 10.2. The number of urea groups is 1. The zero-order valence-corrected chi connectivity index (χ0v) is 12.6. The van der Waals surface area contributed by atoms with Gasteiger partial charge in [0.1, 0.15) is 12.2 Å². The van der Waals surface area contributed by atoms with Gasteiger partial charge < -0.3 is 19.6 Å². The van der Waals surface area contributed by atoms with E-state index in [1.807, 2.05) is 31.2 Å². The quantitative estimate of drug-likeness (QED) is 0.904. The van der Waals surface area contributed by atoms with Gasteiger partial charge in [0.25, 0.3) is 0 Å². The standard InChI is InChI=1S/C15H18N4O3/c1-10-8-18(2)14(20)9-19(10)15(21)16-7-12-11-5-3-4-6-13(11)22-17-12/h3-6,10H,7-9H2,1-2H3,(H,16,21). The monoisotopic (exact) mass is 302 g/mol. The van der Waals surface area contributed by atoms with E-state index in [0.717, 1.165) is 5.39 Å². The summed E-state index contributed by atoms with van der Waals surface area (Å²) in [5.41, 5.74) is 1.37. The van der Waals surface area contributed by atoms with Crippen molar-refractivity contribution in [2.75, 3.05) is 20.1 Å². The fourth-order valence-electron chi connectivity index (χ4n) is 2.62. The van der Waals surface area contributed by atoms with Gasteiger partial charge in [0.2, 0.25) is 5.91 Å². The number of carbonyl (C=O) groups excluding carboxylic acids is 2. The molecule has 1 N–H and O–H groups in total. The van der Waals surface area contributed by atoms with E-state index in [-0.39, 0.29) is 31.1 Å². The lowest BCUT2D eigenvalue weighted by Crippen LogP contribution is -2.57. The molecule has 7 heteroatoms. The molecule has 1 saturated heterocycles. The number of nitrogens with zero attached hydrogens (tertiary/aromatic N) is 3. The fraction of sp³-hybridized carbons (Fsp3) is 0.400. The van der Waals surface area contributed by atoms with Gasteiger partial charge in [-0.2, -0.15) is 0 Å². The summed E-state index contributed by atoms with van der Waals surface area (Å²) in [6.07, 6.45) is 0. The van der Waals surface area contributed by atoms with Crippen LogP contribution in [-0.2, 0) is 11.3 Å². The molecule has 1 aromatic carbocycles. The maximum atomic E-state index is 12.3. The molecule has 116 valence electrons. The Morgan fingerprint density at radius 3 is 3.05 bits per heavy atom. The molecular weight excluding hydrogens is 284 g/mol. The second-order valence-electron chi connectivity index (χ2n) is 5.54. The summed E-state index contributed by atoms with van der Waals surface area (Å²) in [7, 11) is 1.75. The Balaban J connectivity index is 1.66. The topological polar surface area (TPSA) is 78.7 Å². The van der Waals surface area contributed by atoms with Crippen molar-refractivity contribution in [3.05, 3.63) is 30.0 Å². The molecule has 1 fully saturated rings. The molecule has 0 aliphatic carbocycles. The number of fused-ring (bicyclic) bond motifs is 1. The molecule has 1 atom stereocenters. The minimum atomic E-state index is -0.263. The first-order chi connectivity index (χ1) is 10.6. The lowest BCUT2D eigenvalue weighted by molar-refractivity contribution is -0.134. The molecule has 3 rings (SSSR count). The molecule has 1 aliphatic rings. The third kappa shape index (κ3) is 2.61. The predicted octanol–water partition coefficient (Wildman–Crippen LogP) is 1.20. The van der Waals surface area contributed by atoms with Crippen LogP contribution in [-0.4, -0.2) is 53.1 Å². The molecule has 0 bridgehead atoms. The highest BCUT2D eigenvalue weighted by Gasteiger charge is 2.30. The first-order valence-electron chi connectivity index (χ1n) is 7.18. The van der Waals surface area contributed by atoms with Gasteiger partial charge in [0.05, 0.1) is 6.54 Å². The number of rotatable bonds is 2. The number of hydrogen-bond donors (Lipinski definition) is 1. The zero-order chi connectivity index (χ0) is 15.7. The van der Waals surface area contributed by atoms with Gasteiger partial charge in [-0.15, -0.1) is 0 Å². The van der Waals surface area contributed by atoms with Crippen LogP contribution in [0.4, 0.5) is 4.79 Å². The number of hydrogen-bond acceptors (Lipinski definition) is 4. The molecule has 0 radical (unpaired) electrons. The molecule has 22 heavy (non-hydrogen) atoms. The summed E-state index contributed by atoms with van der Waals surface area (Å²) in [6.45, 7) is 2.83. The number of nitrogens with one attached hydrogen (secondary N) is 1. The van der Waals surface area contributed by atoms with Crippen LogP contribution in [0.3, 0.4) is 0 Å². The van der Waals surface area contributed by atoms with Gasteiger partial charge in [0, 0.05) is 25.0 Å². The summed E-state index contributed by atoms with van der Waals surface area (Å²) >= 11 is 0. The number of benzene rings is 1. The van der Waals surface area contributed by atoms with Crippen LogP contribution < -0.4 is 5.32 Å². The van der Waals surface area contributed by atoms with E-state index in [1.165, 1.54) is 0 Å². The highest BCUT2D eigenvalue weighted by molar-refractivity contribution is 5.86. The first-order valence-corrected chi connectivity index (χ1v) is 7.18. The van der Waals surface area contributed by atoms with Gasteiger partial charge >= 0.3 is 6.03 Å². The summed E-state index contributed by atoms with van der Waals surface area (Å²) < 4.78 is 5.20. The van der Waals surface area contributed by atoms with Crippen molar-refractivity contribution in [1.82, 2.24) is 20.3 Å². The molecule has 2 aromatic rings. The Hall–Kier alpha value is -2.57. The third-order valence-electron chi connectivity index (χ3n) is 3.92. The lowest BCUT2D eigenvalue weighted by Gasteiger charge is -2.37. The van der Waals surface area contributed by atoms with Crippen molar-refractivity contribution >= 4 is 22.9 Å². The zero-order valence-electron chi connectivity index (χ0n) is 12.6. The number of carbonyl (C=O) groups is 2. The Labute approximate surface area is 127 Å². The van der Waals surface area contributed by atoms with Gasteiger partial charge in [-0.3, -0.25) is 4.79 Å². The van der Waals surface area contributed by atoms with Crippen LogP contribution >= 0.6 is 0 Å². The maximum Gasteiger partial charge on any atom is 0.318 e. The van der Waals surface area contributed by atoms with Crippen LogP contribution in [0.2, 0.25) is 0 Å². The number of amides is 3. The average Bonchev–Trinajstić information content (AvgIpc) is 2.92. The fourth-order valence-corrected chi connectivity index (χ4v) is 2.62. The molecule has 1 aliphatic heterocycles. The van der Waals surface area contributed by atoms with E-state index >= 15 is 0 Å². The van der Waals surface area contributed by atoms with Crippen LogP contribution in [0.1, 0.15) is 12.6 Å². The average molecular weight is 302 g/mol. The molecule has 1 aromatic heterocycles. The Morgan fingerprint density at radius 1 is 1.45 bits per heavy atom. The van der Waals surface area contributed by atoms with Crippen LogP contribution in [0, 0.1) is 0 Å². The molecule has 7 nitrogen and oxygen atoms in total. The summed E-state index contributed by atoms with van der Waals surface area (Å²) in [4.78, 5) is 27.2. The van der Waals surface area contributed by atoms with E-state index in [2.05, 4.69) is 10.5 Å². The third-order valence-corrected chi connectivity index (χ3v) is 3.92. The molecule has 0 saturated carbocycles. The van der Waals surface area contributed by atoms with Crippen molar-refractivity contribution in [2.24, 2.45) is 0 Å². The van der Waals surface area contributed by atoms with Gasteiger partial charge in [-0.25, -0.2) is 4.79 Å². The highest BCUT2D eigenvalue weighted by Crippen LogP contribution is 2.17. The normalized spacial score (nSPS) is 18.8. The molecular formula is C15H18N4O3. The second-order valence-corrected chi connectivity index (χ2v) is 5.54. The van der Waals surface area contributed by atoms with Gasteiger partial charge in [-0.1, -0.05) is 17.3 Å². The van der Waals surface area contributed by atoms with Crippen molar-refractivity contribution in [3.63, 3.8) is 0 Å². The minimum Gasteiger partial charge on any atom is -0.356 e. The molecule has 2 heterocycles. The van der Waals surface area contributed by atoms with Crippen molar-refractivity contribution in [2.45, 2.75) is 19.5 Å². The van der Waals surface area contributed by atoms with Gasteiger partial charge in [-0.05, 0) is 19.1 Å². The minimum absolute atomic E-state index is 0.0169. The van der Waals surface area contributed by atoms with E-state index in [4.69, 9.17) is 4.52 Å². The smallest absolute Gasteiger partial charge is 0.318 e.